The predicted octanol–water partition coefficient (Wildman–Crippen LogP) is 3.29. The normalized spacial score (nSPS) is 26.1. The van der Waals surface area contributed by atoms with Crippen molar-refractivity contribution >= 4 is 22.3 Å². The summed E-state index contributed by atoms with van der Waals surface area (Å²) in [6.07, 6.45) is 1.98. The van der Waals surface area contributed by atoms with E-state index in [0.29, 0.717) is 23.7 Å². The summed E-state index contributed by atoms with van der Waals surface area (Å²) in [6.45, 7) is 7.10. The number of nitrogens with zero attached hydrogens (tertiary/aromatic N) is 5. The number of rotatable bonds is 4. The molecule has 7 heteroatoms. The summed E-state index contributed by atoms with van der Waals surface area (Å²) in [7, 11) is 3.82. The van der Waals surface area contributed by atoms with E-state index in [2.05, 4.69) is 68.3 Å². The van der Waals surface area contributed by atoms with Crippen LogP contribution in [0.4, 0.5) is 11.4 Å². The fourth-order valence-electron chi connectivity index (χ4n) is 6.33. The molecule has 0 bridgehead atoms. The van der Waals surface area contributed by atoms with Crippen molar-refractivity contribution in [2.45, 2.75) is 37.7 Å². The lowest BCUT2D eigenvalue weighted by atomic mass is 9.99. The first kappa shape index (κ1) is 22.3. The molecule has 35 heavy (non-hydrogen) atoms. The summed E-state index contributed by atoms with van der Waals surface area (Å²) < 4.78 is 5.71. The number of aromatic nitrogens is 1. The van der Waals surface area contributed by atoms with E-state index in [1.807, 2.05) is 19.2 Å². The third kappa shape index (κ3) is 3.64. The first-order valence-electron chi connectivity index (χ1n) is 12.5. The van der Waals surface area contributed by atoms with E-state index >= 15 is 0 Å². The Balaban J connectivity index is 1.29. The van der Waals surface area contributed by atoms with Gasteiger partial charge in [-0.15, -0.1) is 0 Å². The number of nitrogens with one attached hydrogen (secondary N) is 1. The number of fused-ring (bicyclic) bond motifs is 4. The number of nitriles is 1. The third-order valence-corrected chi connectivity index (χ3v) is 8.20. The molecule has 0 radical (unpaired) electrons. The number of likely N-dealkylation sites (N-methyl/N-ethyl adjacent to an activating group) is 1. The molecule has 2 saturated heterocycles. The second-order valence-corrected chi connectivity index (χ2v) is 10.0. The van der Waals surface area contributed by atoms with Gasteiger partial charge in [-0.2, -0.15) is 5.26 Å². The van der Waals surface area contributed by atoms with E-state index in [1.54, 1.807) is 13.3 Å². The van der Waals surface area contributed by atoms with Crippen LogP contribution in [0, 0.1) is 11.3 Å². The highest BCUT2D eigenvalue weighted by atomic mass is 16.5. The lowest BCUT2D eigenvalue weighted by molar-refractivity contribution is 0.0996. The van der Waals surface area contributed by atoms with E-state index in [4.69, 9.17) is 4.74 Å². The minimum absolute atomic E-state index is 0.213. The van der Waals surface area contributed by atoms with Gasteiger partial charge in [0.2, 0.25) is 0 Å². The molecule has 180 valence electrons. The van der Waals surface area contributed by atoms with Crippen molar-refractivity contribution in [2.24, 2.45) is 0 Å². The van der Waals surface area contributed by atoms with Crippen molar-refractivity contribution in [1.29, 1.82) is 5.26 Å². The van der Waals surface area contributed by atoms with Crippen molar-refractivity contribution in [3.8, 4) is 6.07 Å². The van der Waals surface area contributed by atoms with Gasteiger partial charge in [0.1, 0.15) is 6.07 Å². The Morgan fingerprint density at radius 1 is 1.09 bits per heavy atom. The number of piperazine rings is 1. The summed E-state index contributed by atoms with van der Waals surface area (Å²) >= 11 is 0. The van der Waals surface area contributed by atoms with Crippen LogP contribution in [-0.2, 0) is 11.3 Å². The summed E-state index contributed by atoms with van der Waals surface area (Å²) in [5, 5.41) is 14.0. The average molecular weight is 469 g/mol. The smallest absolute Gasteiger partial charge is 0.101 e. The molecule has 0 spiro atoms. The number of hydrogen-bond donors (Lipinski definition) is 1. The van der Waals surface area contributed by atoms with E-state index in [0.717, 1.165) is 43.6 Å². The molecule has 0 amide bonds. The molecule has 3 aliphatic heterocycles. The van der Waals surface area contributed by atoms with Crippen LogP contribution in [0.2, 0.25) is 0 Å². The van der Waals surface area contributed by atoms with Crippen molar-refractivity contribution in [2.75, 3.05) is 50.1 Å². The predicted molar refractivity (Wildman–Crippen MR) is 139 cm³/mol. The molecule has 3 aliphatic rings. The maximum absolute atomic E-state index is 9.55. The standard InChI is InChI=1S/C28H32N6O/c1-18-13-33(25-9-6-19(12-29)28-23(25)5-4-10-31-28)16-26-22-8-7-21(11-20(22)14-34(18)26)32-15-24(30-2)27(17-32)35-3/h4-11,18,24,26-27,30H,13-17H2,1-3H3/t18-,24+,26-,27+/m1/s1. The molecule has 0 saturated carbocycles. The SMILES string of the molecule is CN[C@H]1CN(c2ccc3c(c2)CN2[C@H](C)CN(c4ccc(C#N)c5ncccc45)C[C@H]32)C[C@@H]1OC. The van der Waals surface area contributed by atoms with E-state index in [9.17, 15) is 5.26 Å². The lowest BCUT2D eigenvalue weighted by Gasteiger charge is -2.43. The molecule has 0 aliphatic carbocycles. The average Bonchev–Trinajstić information content (AvgIpc) is 3.49. The Kier molecular flexibility index (Phi) is 5.60. The maximum atomic E-state index is 9.55. The van der Waals surface area contributed by atoms with E-state index in [-0.39, 0.29) is 6.10 Å². The monoisotopic (exact) mass is 468 g/mol. The number of anilines is 2. The molecule has 1 N–H and O–H groups in total. The Bertz CT molecular complexity index is 1290. The minimum atomic E-state index is 0.213. The zero-order valence-electron chi connectivity index (χ0n) is 20.6. The molecular weight excluding hydrogens is 436 g/mol. The van der Waals surface area contributed by atoms with Gasteiger partial charge in [-0.3, -0.25) is 9.88 Å². The molecule has 6 rings (SSSR count). The summed E-state index contributed by atoms with van der Waals surface area (Å²) in [5.74, 6) is 0. The van der Waals surface area contributed by atoms with Crippen LogP contribution in [0.1, 0.15) is 29.7 Å². The summed E-state index contributed by atoms with van der Waals surface area (Å²) in [4.78, 5) is 12.1. The molecule has 3 aromatic rings. The Labute approximate surface area is 206 Å². The molecule has 2 aromatic carbocycles. The second kappa shape index (κ2) is 8.80. The van der Waals surface area contributed by atoms with E-state index in [1.165, 1.54) is 22.5 Å². The highest BCUT2D eigenvalue weighted by molar-refractivity contribution is 5.95. The van der Waals surface area contributed by atoms with Crippen molar-refractivity contribution in [3.05, 3.63) is 65.4 Å². The van der Waals surface area contributed by atoms with E-state index < -0.39 is 0 Å². The van der Waals surface area contributed by atoms with Gasteiger partial charge in [-0.25, -0.2) is 0 Å². The Hall–Kier alpha value is -3.18. The Morgan fingerprint density at radius 3 is 2.74 bits per heavy atom. The van der Waals surface area contributed by atoms with Crippen LogP contribution in [0.15, 0.2) is 48.7 Å². The van der Waals surface area contributed by atoms with Gasteiger partial charge >= 0.3 is 0 Å². The van der Waals surface area contributed by atoms with Gasteiger partial charge in [0, 0.05) is 68.8 Å². The highest BCUT2D eigenvalue weighted by Crippen LogP contribution is 2.42. The zero-order chi connectivity index (χ0) is 24.1. The minimum Gasteiger partial charge on any atom is -0.378 e. The lowest BCUT2D eigenvalue weighted by Crippen LogP contribution is -2.51. The van der Waals surface area contributed by atoms with Crippen molar-refractivity contribution < 1.29 is 4.74 Å². The molecule has 4 heterocycles. The second-order valence-electron chi connectivity index (χ2n) is 10.0. The van der Waals surface area contributed by atoms with Crippen LogP contribution < -0.4 is 15.1 Å². The van der Waals surface area contributed by atoms with Crippen molar-refractivity contribution in [1.82, 2.24) is 15.2 Å². The Morgan fingerprint density at radius 2 is 1.97 bits per heavy atom. The van der Waals surface area contributed by atoms with Gasteiger partial charge in [-0.1, -0.05) is 6.07 Å². The first-order valence-corrected chi connectivity index (χ1v) is 12.5. The largest absolute Gasteiger partial charge is 0.378 e. The molecular formula is C28H32N6O. The fraction of sp³-hybridized carbons (Fsp3) is 0.429. The van der Waals surface area contributed by atoms with Gasteiger partial charge in [0.25, 0.3) is 0 Å². The number of benzene rings is 2. The summed E-state index contributed by atoms with van der Waals surface area (Å²) in [5.41, 5.74) is 6.76. The summed E-state index contributed by atoms with van der Waals surface area (Å²) in [6, 6.07) is 18.5. The molecule has 4 atom stereocenters. The van der Waals surface area contributed by atoms with Crippen LogP contribution in [0.25, 0.3) is 10.9 Å². The zero-order valence-corrected chi connectivity index (χ0v) is 20.6. The number of methoxy groups -OCH3 is 1. The maximum Gasteiger partial charge on any atom is 0.101 e. The topological polar surface area (TPSA) is 67.7 Å². The van der Waals surface area contributed by atoms with Gasteiger partial charge in [-0.05, 0) is 61.5 Å². The van der Waals surface area contributed by atoms with Crippen LogP contribution in [0.3, 0.4) is 0 Å². The fourth-order valence-corrected chi connectivity index (χ4v) is 6.33. The van der Waals surface area contributed by atoms with Gasteiger partial charge < -0.3 is 19.9 Å². The van der Waals surface area contributed by atoms with Gasteiger partial charge in [0.15, 0.2) is 0 Å². The quantitative estimate of drug-likeness (QED) is 0.630. The number of hydrogen-bond acceptors (Lipinski definition) is 7. The van der Waals surface area contributed by atoms with Crippen LogP contribution in [0.5, 0.6) is 0 Å². The van der Waals surface area contributed by atoms with Crippen molar-refractivity contribution in [3.63, 3.8) is 0 Å². The highest BCUT2D eigenvalue weighted by Gasteiger charge is 2.40. The molecule has 0 unspecified atom stereocenters. The van der Waals surface area contributed by atoms with Crippen LogP contribution >= 0.6 is 0 Å². The number of pyridine rings is 1. The third-order valence-electron chi connectivity index (χ3n) is 8.20. The molecule has 2 fully saturated rings. The first-order chi connectivity index (χ1) is 17.1. The van der Waals surface area contributed by atoms with Crippen LogP contribution in [-0.4, -0.2) is 68.4 Å². The molecule has 1 aromatic heterocycles. The molecule has 7 nitrogen and oxygen atoms in total. The number of ether oxygens (including phenoxy) is 1. The van der Waals surface area contributed by atoms with Gasteiger partial charge in [0.05, 0.1) is 29.3 Å².